The van der Waals surface area contributed by atoms with Crippen molar-refractivity contribution in [3.05, 3.63) is 75.6 Å². The van der Waals surface area contributed by atoms with Gasteiger partial charge in [0.2, 0.25) is 11.8 Å². The van der Waals surface area contributed by atoms with E-state index >= 15 is 0 Å². The maximum Gasteiger partial charge on any atom is 0.287 e. The minimum Gasteiger partial charge on any atom is -0.451 e. The monoisotopic (exact) mass is 544 g/mol. The number of anilines is 1. The van der Waals surface area contributed by atoms with Crippen LogP contribution in [0.3, 0.4) is 0 Å². The van der Waals surface area contributed by atoms with E-state index in [0.29, 0.717) is 50.1 Å². The van der Waals surface area contributed by atoms with Crippen molar-refractivity contribution >= 4 is 34.4 Å². The van der Waals surface area contributed by atoms with Crippen molar-refractivity contribution in [3.63, 3.8) is 0 Å². The molecule has 0 spiro atoms. The lowest BCUT2D eigenvalue weighted by Gasteiger charge is -2.37. The van der Waals surface area contributed by atoms with Crippen molar-refractivity contribution < 1.29 is 18.8 Å². The van der Waals surface area contributed by atoms with E-state index in [2.05, 4.69) is 43.1 Å². The fraction of sp³-hybridized carbons (Fsp3) is 0.419. The van der Waals surface area contributed by atoms with E-state index in [9.17, 15) is 19.2 Å². The molecular weight excluding hydrogens is 508 g/mol. The van der Waals surface area contributed by atoms with Gasteiger partial charge in [-0.15, -0.1) is 0 Å². The average molecular weight is 545 g/mol. The molecule has 2 saturated heterocycles. The zero-order chi connectivity index (χ0) is 28.4. The highest BCUT2D eigenvalue weighted by Gasteiger charge is 2.26. The van der Waals surface area contributed by atoms with E-state index < -0.39 is 5.91 Å². The van der Waals surface area contributed by atoms with Crippen molar-refractivity contribution in [3.8, 4) is 0 Å². The molecule has 0 unspecified atom stereocenters. The molecule has 0 radical (unpaired) electrons. The summed E-state index contributed by atoms with van der Waals surface area (Å²) in [5.74, 6) is -0.713. The lowest BCUT2D eigenvalue weighted by Crippen LogP contribution is -2.51. The molecule has 3 aromatic rings. The second-order valence-corrected chi connectivity index (χ2v) is 11.5. The molecule has 210 valence electrons. The summed E-state index contributed by atoms with van der Waals surface area (Å²) in [7, 11) is 0. The number of benzene rings is 2. The topological polar surface area (TPSA) is 103 Å². The molecule has 9 nitrogen and oxygen atoms in total. The number of carbonyl (C=O) groups is 3. The fourth-order valence-electron chi connectivity index (χ4n) is 5.32. The number of nitrogens with one attached hydrogen (secondary N) is 1. The van der Waals surface area contributed by atoms with Crippen LogP contribution in [0.1, 0.15) is 55.3 Å². The lowest BCUT2D eigenvalue weighted by molar-refractivity contribution is -0.130. The highest BCUT2D eigenvalue weighted by atomic mass is 16.3. The molecule has 5 rings (SSSR count). The van der Waals surface area contributed by atoms with Gasteiger partial charge in [-0.2, -0.15) is 0 Å². The molecule has 2 fully saturated rings. The zero-order valence-corrected chi connectivity index (χ0v) is 23.4. The molecule has 0 saturated carbocycles. The predicted molar refractivity (Wildman–Crippen MR) is 153 cm³/mol. The Morgan fingerprint density at radius 3 is 2.40 bits per heavy atom. The van der Waals surface area contributed by atoms with Crippen LogP contribution in [0, 0.1) is 0 Å². The summed E-state index contributed by atoms with van der Waals surface area (Å²) in [6.07, 6.45) is 1.52. The molecule has 40 heavy (non-hydrogen) atoms. The molecule has 2 aliphatic heterocycles. The first kappa shape index (κ1) is 27.4. The number of piperazine rings is 1. The van der Waals surface area contributed by atoms with Gasteiger partial charge in [-0.25, -0.2) is 0 Å². The Bertz CT molecular complexity index is 1500. The predicted octanol–water partition coefficient (Wildman–Crippen LogP) is 3.29. The van der Waals surface area contributed by atoms with Crippen LogP contribution >= 0.6 is 0 Å². The van der Waals surface area contributed by atoms with Crippen LogP contribution in [-0.2, 0) is 21.5 Å². The van der Waals surface area contributed by atoms with Crippen LogP contribution in [0.25, 0.3) is 11.0 Å². The molecular formula is C31H36N4O5. The Balaban J connectivity index is 1.17. The molecule has 3 heterocycles. The normalized spacial score (nSPS) is 16.1. The fourth-order valence-corrected chi connectivity index (χ4v) is 5.32. The van der Waals surface area contributed by atoms with Gasteiger partial charge >= 0.3 is 0 Å². The summed E-state index contributed by atoms with van der Waals surface area (Å²) in [5.41, 5.74) is 3.11. The highest BCUT2D eigenvalue weighted by molar-refractivity contribution is 5.95. The standard InChI is InChI=1S/C31H36N4O5/c1-31(2,3)22-10-11-26-23(17-22)25(36)18-27(40-26)30(39)32-19-29(38)34-15-13-33(14-16-34)24-8-5-4-7-21(24)20-35-12-6-9-28(35)37/h4-5,7-8,10-11,17-18H,6,9,12-16,19-20H2,1-3H3,(H,32,39). The van der Waals surface area contributed by atoms with Gasteiger partial charge in [0, 0.05) is 57.4 Å². The number of nitrogens with zero attached hydrogens (tertiary/aromatic N) is 3. The van der Waals surface area contributed by atoms with Crippen LogP contribution in [0.2, 0.25) is 0 Å². The van der Waals surface area contributed by atoms with Gasteiger partial charge in [0.05, 0.1) is 11.9 Å². The van der Waals surface area contributed by atoms with Crippen LogP contribution in [0.4, 0.5) is 5.69 Å². The first-order chi connectivity index (χ1) is 19.1. The Morgan fingerprint density at radius 2 is 1.70 bits per heavy atom. The molecule has 1 aromatic heterocycles. The minimum atomic E-state index is -0.601. The quantitative estimate of drug-likeness (QED) is 0.511. The van der Waals surface area contributed by atoms with Crippen molar-refractivity contribution in [2.45, 2.75) is 45.6 Å². The van der Waals surface area contributed by atoms with Gasteiger partial charge in [0.25, 0.3) is 5.91 Å². The number of amides is 3. The molecule has 2 aliphatic rings. The molecule has 0 aliphatic carbocycles. The average Bonchev–Trinajstić information content (AvgIpc) is 3.35. The lowest BCUT2D eigenvalue weighted by atomic mass is 9.86. The Labute approximate surface area is 233 Å². The van der Waals surface area contributed by atoms with Crippen LogP contribution in [-0.4, -0.2) is 66.8 Å². The number of carbonyl (C=O) groups excluding carboxylic acids is 3. The van der Waals surface area contributed by atoms with E-state index in [1.165, 1.54) is 6.07 Å². The van der Waals surface area contributed by atoms with E-state index in [1.807, 2.05) is 23.1 Å². The second-order valence-electron chi connectivity index (χ2n) is 11.5. The molecule has 9 heteroatoms. The largest absolute Gasteiger partial charge is 0.451 e. The van der Waals surface area contributed by atoms with Gasteiger partial charge < -0.3 is 24.4 Å². The first-order valence-electron chi connectivity index (χ1n) is 13.8. The Kier molecular flexibility index (Phi) is 7.65. The SMILES string of the molecule is CC(C)(C)c1ccc2oc(C(=O)NCC(=O)N3CCN(c4ccccc4CN4CCCC4=O)CC3)cc(=O)c2c1. The van der Waals surface area contributed by atoms with Gasteiger partial charge in [0.1, 0.15) is 5.58 Å². The summed E-state index contributed by atoms with van der Waals surface area (Å²) in [4.78, 5) is 56.3. The van der Waals surface area contributed by atoms with Crippen LogP contribution < -0.4 is 15.6 Å². The summed E-state index contributed by atoms with van der Waals surface area (Å²) >= 11 is 0. The Morgan fingerprint density at radius 1 is 0.950 bits per heavy atom. The second kappa shape index (κ2) is 11.2. The highest BCUT2D eigenvalue weighted by Crippen LogP contribution is 2.26. The number of likely N-dealkylation sites (tertiary alicyclic amines) is 1. The van der Waals surface area contributed by atoms with E-state index in [0.717, 1.165) is 29.8 Å². The van der Waals surface area contributed by atoms with Crippen molar-refractivity contribution in [2.24, 2.45) is 0 Å². The number of fused-ring (bicyclic) bond motifs is 1. The van der Waals surface area contributed by atoms with Gasteiger partial charge in [-0.05, 0) is 41.2 Å². The smallest absolute Gasteiger partial charge is 0.287 e. The van der Waals surface area contributed by atoms with Gasteiger partial charge in [0.15, 0.2) is 11.2 Å². The van der Waals surface area contributed by atoms with E-state index in [-0.39, 0.29) is 35.0 Å². The number of para-hydroxylation sites is 1. The van der Waals surface area contributed by atoms with E-state index in [1.54, 1.807) is 17.0 Å². The maximum absolute atomic E-state index is 12.9. The van der Waals surface area contributed by atoms with Crippen LogP contribution in [0.5, 0.6) is 0 Å². The van der Waals surface area contributed by atoms with Gasteiger partial charge in [-0.1, -0.05) is 45.0 Å². The first-order valence-corrected chi connectivity index (χ1v) is 13.8. The van der Waals surface area contributed by atoms with E-state index in [4.69, 9.17) is 4.42 Å². The third-order valence-corrected chi connectivity index (χ3v) is 7.71. The Hall–Kier alpha value is -4.14. The third-order valence-electron chi connectivity index (χ3n) is 7.71. The molecule has 0 bridgehead atoms. The van der Waals surface area contributed by atoms with Crippen LogP contribution in [0.15, 0.2) is 57.7 Å². The summed E-state index contributed by atoms with van der Waals surface area (Å²) in [5, 5.41) is 3.03. The molecule has 1 N–H and O–H groups in total. The minimum absolute atomic E-state index is 0.119. The molecule has 0 atom stereocenters. The van der Waals surface area contributed by atoms with Crippen molar-refractivity contribution in [2.75, 3.05) is 44.2 Å². The third kappa shape index (κ3) is 5.88. The van der Waals surface area contributed by atoms with Gasteiger partial charge in [-0.3, -0.25) is 19.2 Å². The zero-order valence-electron chi connectivity index (χ0n) is 23.4. The summed E-state index contributed by atoms with van der Waals surface area (Å²) in [6.45, 7) is 9.74. The number of hydrogen-bond donors (Lipinski definition) is 1. The summed E-state index contributed by atoms with van der Waals surface area (Å²) in [6, 6.07) is 14.7. The molecule has 2 aromatic carbocycles. The molecule has 3 amide bonds. The number of hydrogen-bond acceptors (Lipinski definition) is 6. The van der Waals surface area contributed by atoms with Crippen molar-refractivity contribution in [1.82, 2.24) is 15.1 Å². The maximum atomic E-state index is 12.9. The van der Waals surface area contributed by atoms with Crippen molar-refractivity contribution in [1.29, 1.82) is 0 Å². The number of rotatable bonds is 6. The summed E-state index contributed by atoms with van der Waals surface area (Å²) < 4.78 is 5.71.